The Morgan fingerprint density at radius 1 is 1.24 bits per heavy atom. The average molecular weight is 382 g/mol. The number of nitrogens with one attached hydrogen (secondary N) is 1. The zero-order valence-corrected chi connectivity index (χ0v) is 13.3. The third-order valence-electron chi connectivity index (χ3n) is 2.61. The van der Waals surface area contributed by atoms with Crippen LogP contribution in [-0.2, 0) is 19.1 Å². The number of azide groups is 1. The van der Waals surface area contributed by atoms with E-state index in [-0.39, 0.29) is 5.57 Å². The molecule has 0 aliphatic heterocycles. The maximum Gasteiger partial charge on any atom is 0.303 e. The van der Waals surface area contributed by atoms with E-state index in [1.54, 1.807) is 0 Å². The van der Waals surface area contributed by atoms with Crippen molar-refractivity contribution in [3.05, 3.63) is 45.9 Å². The van der Waals surface area contributed by atoms with Crippen molar-refractivity contribution in [1.29, 1.82) is 0 Å². The van der Waals surface area contributed by atoms with Crippen molar-refractivity contribution in [2.45, 2.75) is 11.8 Å². The number of amides is 1. The summed E-state index contributed by atoms with van der Waals surface area (Å²) in [6.07, 6.45) is 0. The normalized spacial score (nSPS) is 10.9. The molecule has 0 aliphatic rings. The minimum absolute atomic E-state index is 0.109. The molecule has 0 saturated heterocycles. The summed E-state index contributed by atoms with van der Waals surface area (Å²) in [5.74, 6) is -9.65. The zero-order chi connectivity index (χ0) is 19.4. The third-order valence-corrected chi connectivity index (χ3v) is 3.94. The van der Waals surface area contributed by atoms with Crippen LogP contribution in [0.25, 0.3) is 10.4 Å². The molecule has 0 radical (unpaired) electrons. The van der Waals surface area contributed by atoms with Crippen LogP contribution >= 0.6 is 0 Å². The van der Waals surface area contributed by atoms with Crippen LogP contribution in [0.1, 0.15) is 6.92 Å². The van der Waals surface area contributed by atoms with E-state index in [4.69, 9.17) is 5.53 Å². The van der Waals surface area contributed by atoms with Gasteiger partial charge in [-0.2, -0.15) is 8.42 Å². The summed E-state index contributed by atoms with van der Waals surface area (Å²) >= 11 is 0. The Bertz CT molecular complexity index is 853. The molecule has 1 rings (SSSR count). The lowest BCUT2D eigenvalue weighted by Crippen LogP contribution is -2.28. The van der Waals surface area contributed by atoms with Gasteiger partial charge in [0.05, 0.1) is 6.61 Å². The molecule has 13 heteroatoms. The fraction of sp³-hybridized carbons (Fsp3) is 0.250. The van der Waals surface area contributed by atoms with Gasteiger partial charge in [0.15, 0.2) is 28.2 Å². The third kappa shape index (κ3) is 4.47. The van der Waals surface area contributed by atoms with E-state index in [9.17, 15) is 30.8 Å². The predicted molar refractivity (Wildman–Crippen MR) is 76.0 cm³/mol. The minimum atomic E-state index is -5.26. The van der Waals surface area contributed by atoms with Crippen LogP contribution in [0.3, 0.4) is 0 Å². The highest BCUT2D eigenvalue weighted by molar-refractivity contribution is 7.86. The van der Waals surface area contributed by atoms with Crippen molar-refractivity contribution in [3.8, 4) is 0 Å². The molecule has 25 heavy (non-hydrogen) atoms. The quantitative estimate of drug-likeness (QED) is 0.114. The van der Waals surface area contributed by atoms with Gasteiger partial charge < -0.3 is 5.32 Å². The molecule has 1 N–H and O–H groups in total. The van der Waals surface area contributed by atoms with Gasteiger partial charge in [0.2, 0.25) is 5.91 Å². The van der Waals surface area contributed by atoms with Crippen LogP contribution in [0.5, 0.6) is 0 Å². The Balaban J connectivity index is 3.12. The standard InChI is InChI=1S/C12H10F4N4O4S/c1-5(2)12(21)18-3-4-24-25(22,23)11-8(15)6(13)10(19-20-17)7(14)9(11)16/h1,3-4H2,2H3,(H,18,21). The molecular weight excluding hydrogens is 372 g/mol. The highest BCUT2D eigenvalue weighted by Crippen LogP contribution is 2.33. The zero-order valence-electron chi connectivity index (χ0n) is 12.5. The number of hydrogen-bond donors (Lipinski definition) is 1. The summed E-state index contributed by atoms with van der Waals surface area (Å²) in [5, 5.41) is 4.59. The van der Waals surface area contributed by atoms with Crippen LogP contribution in [0, 0.1) is 23.3 Å². The lowest BCUT2D eigenvalue weighted by molar-refractivity contribution is -0.117. The molecule has 0 bridgehead atoms. The van der Waals surface area contributed by atoms with Gasteiger partial charge in [-0.05, 0) is 12.5 Å². The van der Waals surface area contributed by atoms with Gasteiger partial charge in [-0.3, -0.25) is 8.98 Å². The Kier molecular flexibility index (Phi) is 6.50. The predicted octanol–water partition coefficient (Wildman–Crippen LogP) is 2.58. The molecule has 0 aliphatic carbocycles. The van der Waals surface area contributed by atoms with Gasteiger partial charge in [-0.25, -0.2) is 17.6 Å². The number of benzene rings is 1. The first kappa shape index (κ1) is 20.4. The maximum atomic E-state index is 13.8. The molecule has 1 aromatic rings. The molecule has 0 heterocycles. The number of nitrogens with zero attached hydrogens (tertiary/aromatic N) is 3. The number of halogens is 4. The Labute approximate surface area is 138 Å². The van der Waals surface area contributed by atoms with E-state index in [1.807, 2.05) is 4.91 Å². The summed E-state index contributed by atoms with van der Waals surface area (Å²) in [4.78, 5) is 11.1. The van der Waals surface area contributed by atoms with Gasteiger partial charge in [0.25, 0.3) is 0 Å². The molecule has 0 saturated carbocycles. The summed E-state index contributed by atoms with van der Waals surface area (Å²) in [5.41, 5.74) is 6.55. The molecule has 0 atom stereocenters. The number of hydrogen-bond acceptors (Lipinski definition) is 5. The van der Waals surface area contributed by atoms with Crippen molar-refractivity contribution >= 4 is 21.7 Å². The Morgan fingerprint density at radius 3 is 2.20 bits per heavy atom. The number of carbonyl (C=O) groups is 1. The first-order valence-electron chi connectivity index (χ1n) is 6.28. The summed E-state index contributed by atoms with van der Waals surface area (Å²) in [6.45, 7) is 3.51. The smallest absolute Gasteiger partial charge is 0.303 e. The van der Waals surface area contributed by atoms with E-state index in [0.717, 1.165) is 0 Å². The SMILES string of the molecule is C=C(C)C(=O)NCCOS(=O)(=O)c1c(F)c(F)c(N=[N+]=[N-])c(F)c1F. The van der Waals surface area contributed by atoms with E-state index in [2.05, 4.69) is 21.2 Å². The second-order valence-corrected chi connectivity index (χ2v) is 5.99. The number of carbonyl (C=O) groups excluding carboxylic acids is 1. The van der Waals surface area contributed by atoms with E-state index >= 15 is 0 Å². The van der Waals surface area contributed by atoms with Crippen LogP contribution < -0.4 is 5.32 Å². The van der Waals surface area contributed by atoms with Gasteiger partial charge in [0, 0.05) is 17.0 Å². The highest BCUT2D eigenvalue weighted by Gasteiger charge is 2.33. The monoisotopic (exact) mass is 382 g/mol. The first-order chi connectivity index (χ1) is 11.5. The molecule has 0 fully saturated rings. The van der Waals surface area contributed by atoms with E-state index in [0.29, 0.717) is 0 Å². The molecule has 1 aromatic carbocycles. The Hall–Kier alpha value is -2.63. The van der Waals surface area contributed by atoms with Gasteiger partial charge in [-0.1, -0.05) is 11.7 Å². The average Bonchev–Trinajstić information content (AvgIpc) is 2.53. The lowest BCUT2D eigenvalue weighted by atomic mass is 10.2. The Morgan fingerprint density at radius 2 is 1.76 bits per heavy atom. The van der Waals surface area contributed by atoms with Crippen molar-refractivity contribution < 1.29 is 35.0 Å². The summed E-state index contributed by atoms with van der Waals surface area (Å²) in [6, 6.07) is 0. The summed E-state index contributed by atoms with van der Waals surface area (Å²) in [7, 11) is -5.26. The van der Waals surface area contributed by atoms with Crippen LogP contribution in [0.15, 0.2) is 22.2 Å². The second kappa shape index (κ2) is 7.96. The summed E-state index contributed by atoms with van der Waals surface area (Å²) < 4.78 is 82.4. The number of rotatable bonds is 7. The van der Waals surface area contributed by atoms with Crippen molar-refractivity contribution in [3.63, 3.8) is 0 Å². The van der Waals surface area contributed by atoms with Crippen molar-refractivity contribution in [2.24, 2.45) is 5.11 Å². The van der Waals surface area contributed by atoms with Crippen LogP contribution in [0.2, 0.25) is 0 Å². The molecule has 136 valence electrons. The van der Waals surface area contributed by atoms with Gasteiger partial charge in [0.1, 0.15) is 5.69 Å². The molecule has 0 spiro atoms. The van der Waals surface area contributed by atoms with E-state index < -0.39 is 63.0 Å². The van der Waals surface area contributed by atoms with Crippen molar-refractivity contribution in [1.82, 2.24) is 5.32 Å². The van der Waals surface area contributed by atoms with Crippen LogP contribution in [-0.4, -0.2) is 27.5 Å². The molecule has 0 aromatic heterocycles. The molecule has 0 unspecified atom stereocenters. The topological polar surface area (TPSA) is 121 Å². The molecular formula is C12H10F4N4O4S. The maximum absolute atomic E-state index is 13.8. The lowest BCUT2D eigenvalue weighted by Gasteiger charge is -2.11. The first-order valence-corrected chi connectivity index (χ1v) is 7.69. The van der Waals surface area contributed by atoms with Gasteiger partial charge >= 0.3 is 10.1 Å². The molecule has 8 nitrogen and oxygen atoms in total. The van der Waals surface area contributed by atoms with Crippen molar-refractivity contribution in [2.75, 3.05) is 13.2 Å². The highest BCUT2D eigenvalue weighted by atomic mass is 32.2. The van der Waals surface area contributed by atoms with Crippen LogP contribution in [0.4, 0.5) is 23.2 Å². The second-order valence-electron chi connectivity index (χ2n) is 4.44. The fourth-order valence-corrected chi connectivity index (χ4v) is 2.52. The minimum Gasteiger partial charge on any atom is -0.350 e. The largest absolute Gasteiger partial charge is 0.350 e. The van der Waals surface area contributed by atoms with Gasteiger partial charge in [-0.15, -0.1) is 0 Å². The molecule has 1 amide bonds. The van der Waals surface area contributed by atoms with E-state index in [1.165, 1.54) is 6.92 Å². The fourth-order valence-electron chi connectivity index (χ4n) is 1.48.